The SMILES string of the molecule is CN(C)C(=O)CCCC(=O)NCCc1ccc(N)cc1. The Labute approximate surface area is 120 Å². The number of nitrogens with zero attached hydrogens (tertiary/aromatic N) is 1. The minimum atomic E-state index is -0.00741. The van der Waals surface area contributed by atoms with Crippen molar-refractivity contribution in [3.63, 3.8) is 0 Å². The number of benzene rings is 1. The minimum Gasteiger partial charge on any atom is -0.399 e. The molecule has 1 aromatic carbocycles. The number of nitrogen functional groups attached to an aromatic ring is 1. The molecule has 5 nitrogen and oxygen atoms in total. The fourth-order valence-electron chi connectivity index (χ4n) is 1.74. The van der Waals surface area contributed by atoms with Crippen LogP contribution in [0.1, 0.15) is 24.8 Å². The van der Waals surface area contributed by atoms with E-state index in [9.17, 15) is 9.59 Å². The van der Waals surface area contributed by atoms with Gasteiger partial charge in [-0.25, -0.2) is 0 Å². The van der Waals surface area contributed by atoms with Crippen molar-refractivity contribution >= 4 is 17.5 Å². The molecule has 110 valence electrons. The van der Waals surface area contributed by atoms with Crippen LogP contribution in [0.4, 0.5) is 5.69 Å². The Bertz CT molecular complexity index is 441. The molecular formula is C15H23N3O2. The van der Waals surface area contributed by atoms with Crippen molar-refractivity contribution in [1.82, 2.24) is 10.2 Å². The number of hydrogen-bond acceptors (Lipinski definition) is 3. The summed E-state index contributed by atoms with van der Waals surface area (Å²) in [6.07, 6.45) is 2.17. The molecule has 0 aliphatic carbocycles. The number of amides is 2. The molecule has 0 spiro atoms. The monoisotopic (exact) mass is 277 g/mol. The van der Waals surface area contributed by atoms with Gasteiger partial charge < -0.3 is 16.0 Å². The Hall–Kier alpha value is -2.04. The van der Waals surface area contributed by atoms with Crippen LogP contribution in [0.2, 0.25) is 0 Å². The van der Waals surface area contributed by atoms with E-state index < -0.39 is 0 Å². The van der Waals surface area contributed by atoms with E-state index >= 15 is 0 Å². The van der Waals surface area contributed by atoms with E-state index in [2.05, 4.69) is 5.32 Å². The van der Waals surface area contributed by atoms with Crippen LogP contribution in [0.25, 0.3) is 0 Å². The summed E-state index contributed by atoms with van der Waals surface area (Å²) in [5.74, 6) is 0.0478. The first-order valence-corrected chi connectivity index (χ1v) is 6.80. The number of carbonyl (C=O) groups excluding carboxylic acids is 2. The highest BCUT2D eigenvalue weighted by atomic mass is 16.2. The smallest absolute Gasteiger partial charge is 0.222 e. The zero-order valence-corrected chi connectivity index (χ0v) is 12.2. The predicted molar refractivity (Wildman–Crippen MR) is 80.1 cm³/mol. The van der Waals surface area contributed by atoms with E-state index in [1.165, 1.54) is 0 Å². The lowest BCUT2D eigenvalue weighted by Gasteiger charge is -2.09. The fraction of sp³-hybridized carbons (Fsp3) is 0.467. The van der Waals surface area contributed by atoms with Crippen molar-refractivity contribution in [2.24, 2.45) is 0 Å². The highest BCUT2D eigenvalue weighted by Gasteiger charge is 2.06. The van der Waals surface area contributed by atoms with Crippen molar-refractivity contribution < 1.29 is 9.59 Å². The third kappa shape index (κ3) is 6.22. The first-order chi connectivity index (χ1) is 9.49. The standard InChI is InChI=1S/C15H23N3O2/c1-18(2)15(20)5-3-4-14(19)17-11-10-12-6-8-13(16)9-7-12/h6-9H,3-5,10-11,16H2,1-2H3,(H,17,19). The normalized spacial score (nSPS) is 10.1. The average molecular weight is 277 g/mol. The summed E-state index contributed by atoms with van der Waals surface area (Å²) in [4.78, 5) is 24.5. The summed E-state index contributed by atoms with van der Waals surface area (Å²) >= 11 is 0. The molecule has 0 atom stereocenters. The van der Waals surface area contributed by atoms with Crippen molar-refractivity contribution in [3.05, 3.63) is 29.8 Å². The van der Waals surface area contributed by atoms with Gasteiger partial charge in [-0.3, -0.25) is 9.59 Å². The molecule has 0 saturated heterocycles. The van der Waals surface area contributed by atoms with Crippen LogP contribution in [0.15, 0.2) is 24.3 Å². The Morgan fingerprint density at radius 1 is 1.15 bits per heavy atom. The van der Waals surface area contributed by atoms with Crippen LogP contribution in [0.3, 0.4) is 0 Å². The molecule has 0 bridgehead atoms. The molecule has 0 unspecified atom stereocenters. The van der Waals surface area contributed by atoms with Gasteiger partial charge in [-0.15, -0.1) is 0 Å². The van der Waals surface area contributed by atoms with Gasteiger partial charge in [0.2, 0.25) is 11.8 Å². The van der Waals surface area contributed by atoms with Gasteiger partial charge in [0.1, 0.15) is 0 Å². The first kappa shape index (κ1) is 16.0. The van der Waals surface area contributed by atoms with Gasteiger partial charge in [-0.2, -0.15) is 0 Å². The molecule has 0 heterocycles. The number of rotatable bonds is 7. The van der Waals surface area contributed by atoms with Crippen molar-refractivity contribution in [3.8, 4) is 0 Å². The maximum Gasteiger partial charge on any atom is 0.222 e. The second-order valence-corrected chi connectivity index (χ2v) is 4.98. The lowest BCUT2D eigenvalue weighted by Crippen LogP contribution is -2.26. The number of hydrogen-bond donors (Lipinski definition) is 2. The molecule has 0 radical (unpaired) electrons. The highest BCUT2D eigenvalue weighted by Crippen LogP contribution is 2.05. The lowest BCUT2D eigenvalue weighted by molar-refractivity contribution is -0.128. The molecule has 1 rings (SSSR count). The molecule has 20 heavy (non-hydrogen) atoms. The Kier molecular flexibility index (Phi) is 6.56. The van der Waals surface area contributed by atoms with Gasteiger partial charge >= 0.3 is 0 Å². The number of nitrogens with two attached hydrogens (primary N) is 1. The molecular weight excluding hydrogens is 254 g/mol. The quantitative estimate of drug-likeness (QED) is 0.735. The zero-order chi connectivity index (χ0) is 15.0. The van der Waals surface area contributed by atoms with Gasteiger partial charge in [-0.1, -0.05) is 12.1 Å². The molecule has 2 amide bonds. The Morgan fingerprint density at radius 2 is 1.80 bits per heavy atom. The average Bonchev–Trinajstić information content (AvgIpc) is 2.40. The third-order valence-corrected chi connectivity index (χ3v) is 3.01. The Balaban J connectivity index is 2.14. The Morgan fingerprint density at radius 3 is 2.40 bits per heavy atom. The molecule has 0 aliphatic rings. The first-order valence-electron chi connectivity index (χ1n) is 6.80. The molecule has 0 aromatic heterocycles. The summed E-state index contributed by atoms with van der Waals surface area (Å²) in [7, 11) is 3.43. The second kappa shape index (κ2) is 8.19. The maximum atomic E-state index is 11.6. The van der Waals surface area contributed by atoms with E-state index in [1.54, 1.807) is 19.0 Å². The third-order valence-electron chi connectivity index (χ3n) is 3.01. The van der Waals surface area contributed by atoms with Gasteiger partial charge in [0.25, 0.3) is 0 Å². The van der Waals surface area contributed by atoms with Crippen LogP contribution in [-0.4, -0.2) is 37.4 Å². The summed E-state index contributed by atoms with van der Waals surface area (Å²) in [5.41, 5.74) is 7.48. The lowest BCUT2D eigenvalue weighted by atomic mass is 10.1. The topological polar surface area (TPSA) is 75.4 Å². The number of nitrogens with one attached hydrogen (secondary N) is 1. The molecule has 0 aliphatic heterocycles. The second-order valence-electron chi connectivity index (χ2n) is 4.98. The van der Waals surface area contributed by atoms with E-state index in [4.69, 9.17) is 5.73 Å². The summed E-state index contributed by atoms with van der Waals surface area (Å²) < 4.78 is 0. The van der Waals surface area contributed by atoms with Crippen LogP contribution in [-0.2, 0) is 16.0 Å². The molecule has 3 N–H and O–H groups in total. The van der Waals surface area contributed by atoms with E-state index in [0.29, 0.717) is 25.8 Å². The maximum absolute atomic E-state index is 11.6. The zero-order valence-electron chi connectivity index (χ0n) is 12.2. The largest absolute Gasteiger partial charge is 0.399 e. The van der Waals surface area contributed by atoms with Crippen LogP contribution >= 0.6 is 0 Å². The molecule has 5 heteroatoms. The van der Waals surface area contributed by atoms with E-state index in [-0.39, 0.29) is 11.8 Å². The summed E-state index contributed by atoms with van der Waals surface area (Å²) in [5, 5.41) is 2.85. The van der Waals surface area contributed by atoms with Crippen molar-refractivity contribution in [2.45, 2.75) is 25.7 Å². The molecule has 1 aromatic rings. The van der Waals surface area contributed by atoms with Gasteiger partial charge in [0.05, 0.1) is 0 Å². The van der Waals surface area contributed by atoms with Crippen LogP contribution in [0.5, 0.6) is 0 Å². The van der Waals surface area contributed by atoms with Gasteiger partial charge in [0.15, 0.2) is 0 Å². The molecule has 0 saturated carbocycles. The van der Waals surface area contributed by atoms with Crippen LogP contribution in [0, 0.1) is 0 Å². The van der Waals surface area contributed by atoms with Gasteiger partial charge in [0, 0.05) is 39.2 Å². The van der Waals surface area contributed by atoms with Gasteiger partial charge in [-0.05, 0) is 30.5 Å². The summed E-state index contributed by atoms with van der Waals surface area (Å²) in [6, 6.07) is 7.61. The highest BCUT2D eigenvalue weighted by molar-refractivity contribution is 5.78. The van der Waals surface area contributed by atoms with E-state index in [0.717, 1.165) is 17.7 Å². The fourth-order valence-corrected chi connectivity index (χ4v) is 1.74. The summed E-state index contributed by atoms with van der Waals surface area (Å²) in [6.45, 7) is 0.602. The number of carbonyl (C=O) groups is 2. The van der Waals surface area contributed by atoms with Crippen LogP contribution < -0.4 is 11.1 Å². The van der Waals surface area contributed by atoms with Crippen molar-refractivity contribution in [1.29, 1.82) is 0 Å². The van der Waals surface area contributed by atoms with Crippen molar-refractivity contribution in [2.75, 3.05) is 26.4 Å². The molecule has 0 fully saturated rings. The minimum absolute atomic E-state index is 0.00741. The van der Waals surface area contributed by atoms with E-state index in [1.807, 2.05) is 24.3 Å². The predicted octanol–water partition coefficient (Wildman–Crippen LogP) is 1.19. The number of anilines is 1.